The molecule has 0 N–H and O–H groups in total. The third-order valence-corrected chi connectivity index (χ3v) is 6.58. The van der Waals surface area contributed by atoms with E-state index in [0.717, 1.165) is 61.5 Å². The van der Waals surface area contributed by atoms with Gasteiger partial charge in [0.25, 0.3) is 0 Å². The maximum atomic E-state index is 13.6. The topological polar surface area (TPSA) is 29.5 Å². The lowest BCUT2D eigenvalue weighted by atomic mass is 9.77. The highest BCUT2D eigenvalue weighted by atomic mass is 35.5. The summed E-state index contributed by atoms with van der Waals surface area (Å²) in [6.07, 6.45) is 5.14. The Morgan fingerprint density at radius 1 is 1.07 bits per heavy atom. The van der Waals surface area contributed by atoms with Crippen molar-refractivity contribution in [2.45, 2.75) is 43.4 Å². The molecule has 1 amide bonds. The zero-order valence-electron chi connectivity index (χ0n) is 15.8. The number of ether oxygens (including phenoxy) is 1. The highest BCUT2D eigenvalue weighted by Gasteiger charge is 2.46. The fourth-order valence-electron chi connectivity index (χ4n) is 4.77. The highest BCUT2D eigenvalue weighted by molar-refractivity contribution is 6.30. The molecule has 0 aromatic heterocycles. The molecule has 1 unspecified atom stereocenters. The quantitative estimate of drug-likeness (QED) is 0.728. The number of carbonyl (C=O) groups excluding carboxylic acids is 1. The zero-order chi connectivity index (χ0) is 18.9. The number of nitrogens with zero attached hydrogens (tertiary/aromatic N) is 1. The minimum atomic E-state index is -0.362. The summed E-state index contributed by atoms with van der Waals surface area (Å²) in [4.78, 5) is 15.7. The summed E-state index contributed by atoms with van der Waals surface area (Å²) in [6.45, 7) is 1.64. The van der Waals surface area contributed by atoms with Gasteiger partial charge in [-0.3, -0.25) is 4.79 Å². The fourth-order valence-corrected chi connectivity index (χ4v) is 4.90. The summed E-state index contributed by atoms with van der Waals surface area (Å²) < 4.78 is 5.26. The van der Waals surface area contributed by atoms with Crippen LogP contribution in [0, 0.1) is 0 Å². The van der Waals surface area contributed by atoms with E-state index in [0.29, 0.717) is 11.8 Å². The Labute approximate surface area is 166 Å². The number of halogens is 1. The second kappa shape index (κ2) is 7.55. The van der Waals surface area contributed by atoms with Gasteiger partial charge < -0.3 is 9.64 Å². The van der Waals surface area contributed by atoms with Gasteiger partial charge in [-0.15, -0.1) is 0 Å². The lowest BCUT2D eigenvalue weighted by molar-refractivity contribution is -0.136. The van der Waals surface area contributed by atoms with E-state index in [9.17, 15) is 4.79 Å². The van der Waals surface area contributed by atoms with E-state index in [4.69, 9.17) is 16.3 Å². The van der Waals surface area contributed by atoms with E-state index in [1.54, 1.807) is 7.11 Å². The molecule has 2 aromatic carbocycles. The molecule has 142 valence electrons. The van der Waals surface area contributed by atoms with Crippen LogP contribution in [0.2, 0.25) is 5.02 Å². The van der Waals surface area contributed by atoms with Crippen LogP contribution in [0.5, 0.6) is 5.75 Å². The predicted octanol–water partition coefficient (Wildman–Crippen LogP) is 5.18. The van der Waals surface area contributed by atoms with E-state index < -0.39 is 0 Å². The van der Waals surface area contributed by atoms with Crippen molar-refractivity contribution in [1.29, 1.82) is 0 Å². The Morgan fingerprint density at radius 2 is 1.74 bits per heavy atom. The summed E-state index contributed by atoms with van der Waals surface area (Å²) in [7, 11) is 1.68. The Morgan fingerprint density at radius 3 is 2.37 bits per heavy atom. The minimum Gasteiger partial charge on any atom is -0.497 e. The summed E-state index contributed by atoms with van der Waals surface area (Å²) in [5.74, 6) is 1.58. The van der Waals surface area contributed by atoms with Crippen molar-refractivity contribution in [2.24, 2.45) is 0 Å². The molecular weight excluding hydrogens is 358 g/mol. The molecule has 1 aliphatic heterocycles. The summed E-state index contributed by atoms with van der Waals surface area (Å²) in [5.41, 5.74) is 2.06. The average Bonchev–Trinajstić information content (AvgIpc) is 3.39. The van der Waals surface area contributed by atoms with Gasteiger partial charge in [-0.05, 0) is 54.7 Å². The molecule has 2 aromatic rings. The van der Waals surface area contributed by atoms with Gasteiger partial charge in [-0.25, -0.2) is 0 Å². The zero-order valence-corrected chi connectivity index (χ0v) is 16.5. The number of hydrogen-bond donors (Lipinski definition) is 0. The predicted molar refractivity (Wildman–Crippen MR) is 109 cm³/mol. The Bertz CT molecular complexity index is 794. The molecule has 1 saturated heterocycles. The van der Waals surface area contributed by atoms with E-state index in [1.807, 2.05) is 36.4 Å². The van der Waals surface area contributed by atoms with Crippen molar-refractivity contribution in [3.8, 4) is 5.75 Å². The third-order valence-electron chi connectivity index (χ3n) is 6.33. The minimum absolute atomic E-state index is 0.304. The van der Waals surface area contributed by atoms with Gasteiger partial charge in [0.05, 0.1) is 12.5 Å². The first-order chi connectivity index (χ1) is 13.1. The lowest BCUT2D eigenvalue weighted by Crippen LogP contribution is -2.44. The van der Waals surface area contributed by atoms with Crippen LogP contribution in [-0.4, -0.2) is 31.0 Å². The Hall–Kier alpha value is -2.00. The number of methoxy groups -OCH3 is 1. The van der Waals surface area contributed by atoms with Crippen molar-refractivity contribution in [3.63, 3.8) is 0 Å². The second-order valence-electron chi connectivity index (χ2n) is 7.81. The second-order valence-corrected chi connectivity index (χ2v) is 8.24. The number of carbonyl (C=O) groups is 1. The molecule has 0 spiro atoms. The van der Waals surface area contributed by atoms with Crippen LogP contribution in [0.4, 0.5) is 0 Å². The fraction of sp³-hybridized carbons (Fsp3) is 0.435. The molecule has 0 radical (unpaired) electrons. The molecule has 1 atom stereocenters. The van der Waals surface area contributed by atoms with Crippen LogP contribution in [0.25, 0.3) is 0 Å². The number of amides is 1. The van der Waals surface area contributed by atoms with Gasteiger partial charge in [0.2, 0.25) is 5.91 Å². The van der Waals surface area contributed by atoms with Crippen LogP contribution in [-0.2, 0) is 10.2 Å². The monoisotopic (exact) mass is 383 g/mol. The molecule has 1 aliphatic carbocycles. The van der Waals surface area contributed by atoms with Crippen LogP contribution in [0.1, 0.15) is 49.1 Å². The first kappa shape index (κ1) is 18.4. The third kappa shape index (κ3) is 3.45. The van der Waals surface area contributed by atoms with Crippen molar-refractivity contribution >= 4 is 17.5 Å². The van der Waals surface area contributed by atoms with E-state index in [2.05, 4.69) is 17.0 Å². The first-order valence-electron chi connectivity index (χ1n) is 9.82. The Kier molecular flexibility index (Phi) is 5.14. The number of hydrogen-bond acceptors (Lipinski definition) is 2. The van der Waals surface area contributed by atoms with Crippen LogP contribution in [0.15, 0.2) is 48.5 Å². The van der Waals surface area contributed by atoms with Crippen LogP contribution >= 0.6 is 11.6 Å². The number of benzene rings is 2. The molecule has 2 aliphatic rings. The van der Waals surface area contributed by atoms with E-state index in [1.165, 1.54) is 5.56 Å². The number of likely N-dealkylation sites (tertiary alicyclic amines) is 1. The largest absolute Gasteiger partial charge is 0.497 e. The molecule has 2 fully saturated rings. The van der Waals surface area contributed by atoms with Crippen molar-refractivity contribution in [1.82, 2.24) is 4.90 Å². The maximum Gasteiger partial charge on any atom is 0.233 e. The van der Waals surface area contributed by atoms with Crippen molar-refractivity contribution in [3.05, 3.63) is 64.7 Å². The Balaban J connectivity index is 1.53. The molecule has 4 rings (SSSR count). The molecule has 0 bridgehead atoms. The lowest BCUT2D eigenvalue weighted by Gasteiger charge is -2.33. The van der Waals surface area contributed by atoms with E-state index in [-0.39, 0.29) is 5.41 Å². The average molecular weight is 384 g/mol. The number of rotatable bonds is 4. The smallest absolute Gasteiger partial charge is 0.233 e. The van der Waals surface area contributed by atoms with Gasteiger partial charge in [-0.1, -0.05) is 48.7 Å². The molecular formula is C23H26ClNO2. The molecule has 4 heteroatoms. The molecule has 27 heavy (non-hydrogen) atoms. The van der Waals surface area contributed by atoms with Gasteiger partial charge in [0.15, 0.2) is 0 Å². The standard InChI is InChI=1S/C23H26ClNO2/c1-27-21-10-4-17(5-11-21)18-12-15-25(16-18)22(26)23(13-2-3-14-23)19-6-8-20(24)9-7-19/h4-11,18H,2-3,12-16H2,1H3. The first-order valence-corrected chi connectivity index (χ1v) is 10.2. The van der Waals surface area contributed by atoms with Crippen molar-refractivity contribution in [2.75, 3.05) is 20.2 Å². The highest BCUT2D eigenvalue weighted by Crippen LogP contribution is 2.44. The summed E-state index contributed by atoms with van der Waals surface area (Å²) in [5, 5.41) is 0.722. The molecule has 1 heterocycles. The molecule has 3 nitrogen and oxygen atoms in total. The summed E-state index contributed by atoms with van der Waals surface area (Å²) >= 11 is 6.07. The molecule has 1 saturated carbocycles. The van der Waals surface area contributed by atoms with E-state index >= 15 is 0 Å². The summed E-state index contributed by atoms with van der Waals surface area (Å²) in [6, 6.07) is 16.2. The van der Waals surface area contributed by atoms with Crippen molar-refractivity contribution < 1.29 is 9.53 Å². The van der Waals surface area contributed by atoms with Gasteiger partial charge in [0.1, 0.15) is 5.75 Å². The normalized spacial score (nSPS) is 21.4. The maximum absolute atomic E-state index is 13.6. The van der Waals surface area contributed by atoms with Gasteiger partial charge in [-0.2, -0.15) is 0 Å². The van der Waals surface area contributed by atoms with Crippen LogP contribution in [0.3, 0.4) is 0 Å². The SMILES string of the molecule is COc1ccc(C2CCN(C(=O)C3(c4ccc(Cl)cc4)CCCC3)C2)cc1. The van der Waals surface area contributed by atoms with Gasteiger partial charge >= 0.3 is 0 Å². The van der Waals surface area contributed by atoms with Gasteiger partial charge in [0, 0.05) is 24.0 Å². The van der Waals surface area contributed by atoms with Crippen LogP contribution < -0.4 is 4.74 Å².